The third-order valence-electron chi connectivity index (χ3n) is 5.30. The Morgan fingerprint density at radius 2 is 1.97 bits per heavy atom. The van der Waals surface area contributed by atoms with Gasteiger partial charge in [0, 0.05) is 26.7 Å². The molecule has 0 saturated carbocycles. The first-order valence-electron chi connectivity index (χ1n) is 10.5. The van der Waals surface area contributed by atoms with Crippen LogP contribution in [0.1, 0.15) is 30.7 Å². The predicted molar refractivity (Wildman–Crippen MR) is 115 cm³/mol. The van der Waals surface area contributed by atoms with E-state index in [0.717, 1.165) is 6.54 Å². The number of carbonyl (C=O) groups is 2. The Hall–Kier alpha value is -2.87. The van der Waals surface area contributed by atoms with Gasteiger partial charge in [-0.3, -0.25) is 14.2 Å². The SMILES string of the molecule is CCNC(=O)[C@H]1O[C@@H](n2cnc3c(NC)nc(C(=O)NCCN(C)CC)nc32)[C@H](O)[C@@H]1O. The fraction of sp³-hybridized carbons (Fsp3) is 0.632. The second kappa shape index (κ2) is 10.2. The number of nitrogens with zero attached hydrogens (tertiary/aromatic N) is 5. The molecule has 1 aliphatic rings. The molecular weight excluding hydrogens is 420 g/mol. The Morgan fingerprint density at radius 3 is 2.62 bits per heavy atom. The zero-order valence-corrected chi connectivity index (χ0v) is 18.6. The molecule has 2 aromatic heterocycles. The van der Waals surface area contributed by atoms with E-state index >= 15 is 0 Å². The van der Waals surface area contributed by atoms with E-state index in [1.807, 2.05) is 18.9 Å². The van der Waals surface area contributed by atoms with Gasteiger partial charge in [0.2, 0.25) is 5.82 Å². The molecule has 1 saturated heterocycles. The molecule has 2 amide bonds. The summed E-state index contributed by atoms with van der Waals surface area (Å²) in [6.45, 7) is 6.05. The lowest BCUT2D eigenvalue weighted by Gasteiger charge is -2.17. The smallest absolute Gasteiger partial charge is 0.289 e. The van der Waals surface area contributed by atoms with Crippen LogP contribution in [0.5, 0.6) is 0 Å². The maximum absolute atomic E-state index is 12.6. The number of aromatic nitrogens is 4. The van der Waals surface area contributed by atoms with Crippen molar-refractivity contribution < 1.29 is 24.5 Å². The van der Waals surface area contributed by atoms with Crippen LogP contribution in [0.2, 0.25) is 0 Å². The maximum atomic E-state index is 12.6. The van der Waals surface area contributed by atoms with Gasteiger partial charge in [-0.2, -0.15) is 0 Å². The van der Waals surface area contributed by atoms with E-state index in [1.165, 1.54) is 10.9 Å². The topological polar surface area (TPSA) is 167 Å². The Morgan fingerprint density at radius 1 is 1.22 bits per heavy atom. The van der Waals surface area contributed by atoms with Gasteiger partial charge in [0.1, 0.15) is 12.2 Å². The Kier molecular flexibility index (Phi) is 7.56. The molecule has 0 radical (unpaired) electrons. The van der Waals surface area contributed by atoms with E-state index in [2.05, 4.69) is 30.9 Å². The summed E-state index contributed by atoms with van der Waals surface area (Å²) < 4.78 is 7.04. The number of likely N-dealkylation sites (N-methyl/N-ethyl adjacent to an activating group) is 2. The highest BCUT2D eigenvalue weighted by molar-refractivity contribution is 5.94. The molecule has 5 N–H and O–H groups in total. The summed E-state index contributed by atoms with van der Waals surface area (Å²) in [5.41, 5.74) is 0.564. The van der Waals surface area contributed by atoms with Crippen molar-refractivity contribution in [3.8, 4) is 0 Å². The van der Waals surface area contributed by atoms with Crippen molar-refractivity contribution >= 4 is 28.8 Å². The van der Waals surface area contributed by atoms with Crippen LogP contribution in [0.15, 0.2) is 6.33 Å². The number of ether oxygens (including phenoxy) is 1. The fourth-order valence-electron chi connectivity index (χ4n) is 3.36. The number of hydrogen-bond donors (Lipinski definition) is 5. The van der Waals surface area contributed by atoms with Crippen molar-refractivity contribution in [2.45, 2.75) is 38.4 Å². The van der Waals surface area contributed by atoms with Gasteiger partial charge in [-0.1, -0.05) is 6.92 Å². The van der Waals surface area contributed by atoms with Crippen LogP contribution in [0.25, 0.3) is 11.2 Å². The van der Waals surface area contributed by atoms with Gasteiger partial charge in [-0.05, 0) is 20.5 Å². The number of aliphatic hydroxyl groups excluding tert-OH is 2. The lowest BCUT2D eigenvalue weighted by Crippen LogP contribution is -2.42. The summed E-state index contributed by atoms with van der Waals surface area (Å²) >= 11 is 0. The summed E-state index contributed by atoms with van der Waals surface area (Å²) in [5.74, 6) is -0.767. The van der Waals surface area contributed by atoms with E-state index in [9.17, 15) is 19.8 Å². The number of anilines is 1. The zero-order valence-electron chi connectivity index (χ0n) is 18.6. The second-order valence-corrected chi connectivity index (χ2v) is 7.44. The van der Waals surface area contributed by atoms with Gasteiger partial charge in [-0.25, -0.2) is 15.0 Å². The van der Waals surface area contributed by atoms with Crippen LogP contribution >= 0.6 is 0 Å². The van der Waals surface area contributed by atoms with Gasteiger partial charge in [0.15, 0.2) is 29.3 Å². The molecule has 0 bridgehead atoms. The number of rotatable bonds is 9. The number of hydrogen-bond acceptors (Lipinski definition) is 10. The molecule has 13 nitrogen and oxygen atoms in total. The van der Waals surface area contributed by atoms with Crippen molar-refractivity contribution in [3.63, 3.8) is 0 Å². The first-order chi connectivity index (χ1) is 15.3. The molecule has 3 heterocycles. The number of aliphatic hydroxyl groups is 2. The standard InChI is InChI=1S/C19H30N8O5/c1-5-21-17(30)13-11(28)12(29)19(32-13)27-9-23-10-14(20-3)24-15(25-16(10)27)18(31)22-7-8-26(4)6-2/h9,11-13,19,28-29H,5-8H2,1-4H3,(H,21,30)(H,22,31)(H,20,24,25)/t11-,12+,13-,19+/m0/s1. The van der Waals surface area contributed by atoms with E-state index in [0.29, 0.717) is 31.0 Å². The molecule has 0 aromatic carbocycles. The minimum absolute atomic E-state index is 0.0870. The zero-order chi connectivity index (χ0) is 23.4. The highest BCUT2D eigenvalue weighted by atomic mass is 16.6. The van der Waals surface area contributed by atoms with Crippen molar-refractivity contribution in [3.05, 3.63) is 12.2 Å². The van der Waals surface area contributed by atoms with Crippen molar-refractivity contribution in [2.75, 3.05) is 45.6 Å². The van der Waals surface area contributed by atoms with Crippen molar-refractivity contribution in [1.82, 2.24) is 35.1 Å². The molecule has 1 aliphatic heterocycles. The van der Waals surface area contributed by atoms with Crippen molar-refractivity contribution in [2.24, 2.45) is 0 Å². The van der Waals surface area contributed by atoms with Crippen LogP contribution in [-0.4, -0.2) is 105 Å². The largest absolute Gasteiger partial charge is 0.387 e. The summed E-state index contributed by atoms with van der Waals surface area (Å²) in [7, 11) is 3.58. The summed E-state index contributed by atoms with van der Waals surface area (Å²) in [5, 5.41) is 29.1. The molecule has 0 unspecified atom stereocenters. The van der Waals surface area contributed by atoms with Gasteiger partial charge >= 0.3 is 0 Å². The normalized spacial score (nSPS) is 23.0. The highest BCUT2D eigenvalue weighted by Crippen LogP contribution is 2.32. The fourth-order valence-corrected chi connectivity index (χ4v) is 3.36. The Labute approximate surface area is 185 Å². The Bertz CT molecular complexity index is 967. The first kappa shape index (κ1) is 23.8. The third-order valence-corrected chi connectivity index (χ3v) is 5.30. The summed E-state index contributed by atoms with van der Waals surface area (Å²) in [4.78, 5) is 39.7. The van der Waals surface area contributed by atoms with E-state index in [1.54, 1.807) is 14.0 Å². The first-order valence-corrected chi connectivity index (χ1v) is 10.5. The van der Waals surface area contributed by atoms with Crippen LogP contribution in [0.3, 0.4) is 0 Å². The van der Waals surface area contributed by atoms with Gasteiger partial charge < -0.3 is 35.8 Å². The predicted octanol–water partition coefficient (Wildman–Crippen LogP) is -1.70. The Balaban J connectivity index is 1.90. The monoisotopic (exact) mass is 450 g/mol. The van der Waals surface area contributed by atoms with Crippen LogP contribution in [0.4, 0.5) is 5.82 Å². The van der Waals surface area contributed by atoms with Crippen molar-refractivity contribution in [1.29, 1.82) is 0 Å². The highest BCUT2D eigenvalue weighted by Gasteiger charge is 2.47. The summed E-state index contributed by atoms with van der Waals surface area (Å²) in [6, 6.07) is 0. The minimum Gasteiger partial charge on any atom is -0.387 e. The average molecular weight is 451 g/mol. The molecule has 13 heteroatoms. The second-order valence-electron chi connectivity index (χ2n) is 7.44. The number of carbonyl (C=O) groups excluding carboxylic acids is 2. The molecule has 3 rings (SSSR count). The molecule has 4 atom stereocenters. The van der Waals surface area contributed by atoms with Gasteiger partial charge in [0.25, 0.3) is 11.8 Å². The lowest BCUT2D eigenvalue weighted by molar-refractivity contribution is -0.137. The molecular formula is C19H30N8O5. The molecule has 2 aromatic rings. The van der Waals surface area contributed by atoms with E-state index in [4.69, 9.17) is 4.74 Å². The van der Waals surface area contributed by atoms with Crippen LogP contribution in [-0.2, 0) is 9.53 Å². The molecule has 1 fully saturated rings. The number of amides is 2. The van der Waals surface area contributed by atoms with Crippen LogP contribution < -0.4 is 16.0 Å². The van der Waals surface area contributed by atoms with Crippen LogP contribution in [0, 0.1) is 0 Å². The van der Waals surface area contributed by atoms with E-state index in [-0.39, 0.29) is 11.5 Å². The number of fused-ring (bicyclic) bond motifs is 1. The lowest BCUT2D eigenvalue weighted by atomic mass is 10.1. The number of imidazole rings is 1. The van der Waals surface area contributed by atoms with E-state index < -0.39 is 36.4 Å². The molecule has 0 spiro atoms. The maximum Gasteiger partial charge on any atom is 0.289 e. The summed E-state index contributed by atoms with van der Waals surface area (Å²) in [6.07, 6.45) is -3.87. The average Bonchev–Trinajstić information content (AvgIpc) is 3.34. The van der Waals surface area contributed by atoms with Gasteiger partial charge in [-0.15, -0.1) is 0 Å². The molecule has 32 heavy (non-hydrogen) atoms. The number of nitrogens with one attached hydrogen (secondary N) is 3. The third kappa shape index (κ3) is 4.65. The minimum atomic E-state index is -1.44. The van der Waals surface area contributed by atoms with Gasteiger partial charge in [0.05, 0.1) is 6.33 Å². The molecule has 0 aliphatic carbocycles. The molecule has 176 valence electrons. The quantitative estimate of drug-likeness (QED) is 0.297.